The van der Waals surface area contributed by atoms with Crippen molar-refractivity contribution in [1.29, 1.82) is 0 Å². The lowest BCUT2D eigenvalue weighted by molar-refractivity contribution is 0.0697. The lowest BCUT2D eigenvalue weighted by atomic mass is 10.0. The molecule has 1 aromatic carbocycles. The van der Waals surface area contributed by atoms with Crippen molar-refractivity contribution < 1.29 is 22.7 Å². The van der Waals surface area contributed by atoms with Gasteiger partial charge < -0.3 is 19.7 Å². The van der Waals surface area contributed by atoms with Crippen LogP contribution in [-0.2, 0) is 23.0 Å². The number of halogens is 1. The Balaban J connectivity index is 2.54. The molecular formula is C17H22ClN3O5S. The first-order valence-electron chi connectivity index (χ1n) is 8.13. The van der Waals surface area contributed by atoms with E-state index in [2.05, 4.69) is 5.32 Å². The molecule has 0 saturated heterocycles. The van der Waals surface area contributed by atoms with Gasteiger partial charge in [-0.25, -0.2) is 18.4 Å². The van der Waals surface area contributed by atoms with Crippen LogP contribution in [0.2, 0.25) is 5.02 Å². The Hall–Kier alpha value is -2.07. The Labute approximate surface area is 163 Å². The molecule has 148 valence electrons. The highest BCUT2D eigenvalue weighted by molar-refractivity contribution is 7.89. The Morgan fingerprint density at radius 1 is 1.41 bits per heavy atom. The SMILES string of the molecule is CN(C)CCCc1c(Cl)c(S(N)(=O)=O)cc(C(=O)O)c1NCc1ccco1. The number of anilines is 1. The molecular weight excluding hydrogens is 394 g/mol. The quantitative estimate of drug-likeness (QED) is 0.573. The fraction of sp³-hybridized carbons (Fsp3) is 0.353. The summed E-state index contributed by atoms with van der Waals surface area (Å²) in [6, 6.07) is 4.43. The van der Waals surface area contributed by atoms with Crippen molar-refractivity contribution in [2.24, 2.45) is 5.14 Å². The van der Waals surface area contributed by atoms with Gasteiger partial charge in [0.1, 0.15) is 10.7 Å². The summed E-state index contributed by atoms with van der Waals surface area (Å²) in [5.41, 5.74) is 0.443. The fourth-order valence-electron chi connectivity index (χ4n) is 2.66. The first-order valence-corrected chi connectivity index (χ1v) is 10.1. The highest BCUT2D eigenvalue weighted by Crippen LogP contribution is 2.35. The van der Waals surface area contributed by atoms with Crippen molar-refractivity contribution in [2.45, 2.75) is 24.3 Å². The Morgan fingerprint density at radius 2 is 2.11 bits per heavy atom. The number of nitrogens with zero attached hydrogens (tertiary/aromatic N) is 1. The van der Waals surface area contributed by atoms with Crippen molar-refractivity contribution in [1.82, 2.24) is 4.90 Å². The molecule has 0 fully saturated rings. The molecule has 0 atom stereocenters. The molecule has 0 aliphatic carbocycles. The molecule has 0 bridgehead atoms. The second-order valence-electron chi connectivity index (χ2n) is 6.28. The molecule has 10 heteroatoms. The Bertz CT molecular complexity index is 911. The zero-order valence-electron chi connectivity index (χ0n) is 15.0. The highest BCUT2D eigenvalue weighted by Gasteiger charge is 2.25. The second kappa shape index (κ2) is 8.75. The molecule has 1 aromatic heterocycles. The van der Waals surface area contributed by atoms with E-state index < -0.39 is 20.9 Å². The van der Waals surface area contributed by atoms with Gasteiger partial charge in [-0.15, -0.1) is 0 Å². The minimum absolute atomic E-state index is 0.0665. The third kappa shape index (κ3) is 5.46. The van der Waals surface area contributed by atoms with Crippen molar-refractivity contribution in [3.05, 3.63) is 46.4 Å². The van der Waals surface area contributed by atoms with Crippen LogP contribution in [0, 0.1) is 0 Å². The van der Waals surface area contributed by atoms with Crippen LogP contribution < -0.4 is 10.5 Å². The molecule has 8 nitrogen and oxygen atoms in total. The maximum Gasteiger partial charge on any atom is 0.337 e. The molecule has 0 unspecified atom stereocenters. The van der Waals surface area contributed by atoms with E-state index in [1.54, 1.807) is 12.1 Å². The maximum atomic E-state index is 11.9. The summed E-state index contributed by atoms with van der Waals surface area (Å²) in [5.74, 6) is -0.690. The largest absolute Gasteiger partial charge is 0.478 e. The fourth-order valence-corrected chi connectivity index (χ4v) is 3.88. The van der Waals surface area contributed by atoms with E-state index in [0.29, 0.717) is 24.2 Å². The van der Waals surface area contributed by atoms with Gasteiger partial charge in [-0.05, 0) is 57.2 Å². The van der Waals surface area contributed by atoms with Crippen molar-refractivity contribution in [2.75, 3.05) is 26.0 Å². The molecule has 0 spiro atoms. The number of sulfonamides is 1. The smallest absolute Gasteiger partial charge is 0.337 e. The van der Waals surface area contributed by atoms with Crippen LogP contribution in [0.3, 0.4) is 0 Å². The first-order chi connectivity index (χ1) is 12.6. The van der Waals surface area contributed by atoms with E-state index in [-0.39, 0.29) is 22.8 Å². The molecule has 1 heterocycles. The predicted molar refractivity (Wildman–Crippen MR) is 103 cm³/mol. The molecule has 0 saturated carbocycles. The van der Waals surface area contributed by atoms with Crippen LogP contribution in [0.25, 0.3) is 0 Å². The van der Waals surface area contributed by atoms with Crippen molar-refractivity contribution in [3.63, 3.8) is 0 Å². The minimum Gasteiger partial charge on any atom is -0.478 e. The van der Waals surface area contributed by atoms with Crippen molar-refractivity contribution >= 4 is 33.3 Å². The van der Waals surface area contributed by atoms with Crippen LogP contribution in [0.5, 0.6) is 0 Å². The summed E-state index contributed by atoms with van der Waals surface area (Å²) < 4.78 is 29.0. The number of aromatic carboxylic acids is 1. The molecule has 2 rings (SSSR count). The molecule has 0 amide bonds. The van der Waals surface area contributed by atoms with Gasteiger partial charge in [0.05, 0.1) is 29.1 Å². The number of nitrogens with two attached hydrogens (primary N) is 1. The van der Waals surface area contributed by atoms with Crippen LogP contribution in [0.1, 0.15) is 28.1 Å². The zero-order valence-corrected chi connectivity index (χ0v) is 16.6. The Morgan fingerprint density at radius 3 is 2.63 bits per heavy atom. The van der Waals surface area contributed by atoms with Crippen LogP contribution in [0.15, 0.2) is 33.8 Å². The number of carboxylic acid groups (broad SMARTS) is 1. The number of primary sulfonamides is 1. The number of carbonyl (C=O) groups is 1. The number of benzene rings is 1. The summed E-state index contributed by atoms with van der Waals surface area (Å²) >= 11 is 6.32. The maximum absolute atomic E-state index is 11.9. The van der Waals surface area contributed by atoms with Gasteiger partial charge in [-0.2, -0.15) is 0 Å². The predicted octanol–water partition coefficient (Wildman–Crippen LogP) is 2.38. The first kappa shape index (κ1) is 21.2. The van der Waals surface area contributed by atoms with Crippen LogP contribution in [-0.4, -0.2) is 45.0 Å². The standard InChI is InChI=1S/C17H22ClN3O5S/c1-21(2)7-3-6-12-15(18)14(27(19,24)25)9-13(17(22)23)16(12)20-10-11-5-4-8-26-11/h4-5,8-9,20H,3,6-7,10H2,1-2H3,(H,22,23)(H2,19,24,25). The van der Waals surface area contributed by atoms with Gasteiger partial charge in [0.2, 0.25) is 10.0 Å². The lowest BCUT2D eigenvalue weighted by Gasteiger charge is -2.19. The Kier molecular flexibility index (Phi) is 6.88. The monoisotopic (exact) mass is 415 g/mol. The number of nitrogens with one attached hydrogen (secondary N) is 1. The van der Waals surface area contributed by atoms with E-state index >= 15 is 0 Å². The number of hydrogen-bond acceptors (Lipinski definition) is 6. The average Bonchev–Trinajstić information content (AvgIpc) is 3.06. The van der Waals surface area contributed by atoms with E-state index in [0.717, 1.165) is 12.6 Å². The third-order valence-corrected chi connectivity index (χ3v) is 5.40. The summed E-state index contributed by atoms with van der Waals surface area (Å²) in [7, 11) is -0.373. The molecule has 2 aromatic rings. The van der Waals surface area contributed by atoms with Crippen molar-refractivity contribution in [3.8, 4) is 0 Å². The number of carboxylic acids is 1. The average molecular weight is 416 g/mol. The van der Waals surface area contributed by atoms with E-state index in [1.807, 2.05) is 19.0 Å². The third-order valence-electron chi connectivity index (χ3n) is 3.92. The zero-order chi connectivity index (χ0) is 20.2. The summed E-state index contributed by atoms with van der Waals surface area (Å²) in [5, 5.41) is 17.8. The van der Waals surface area contributed by atoms with Gasteiger partial charge in [-0.3, -0.25) is 0 Å². The second-order valence-corrected chi connectivity index (χ2v) is 8.19. The van der Waals surface area contributed by atoms with Gasteiger partial charge >= 0.3 is 5.97 Å². The highest BCUT2D eigenvalue weighted by atomic mass is 35.5. The van der Waals surface area contributed by atoms with E-state index in [1.165, 1.54) is 6.26 Å². The van der Waals surface area contributed by atoms with Gasteiger partial charge in [-0.1, -0.05) is 11.6 Å². The van der Waals surface area contributed by atoms with Gasteiger partial charge in [0.15, 0.2) is 0 Å². The summed E-state index contributed by atoms with van der Waals surface area (Å²) in [6.07, 6.45) is 2.53. The van der Waals surface area contributed by atoms with Crippen LogP contribution in [0.4, 0.5) is 5.69 Å². The number of furan rings is 1. The molecule has 0 aliphatic rings. The molecule has 27 heavy (non-hydrogen) atoms. The summed E-state index contributed by atoms with van der Waals surface area (Å²) in [4.78, 5) is 13.3. The normalized spacial score (nSPS) is 11.7. The molecule has 4 N–H and O–H groups in total. The minimum atomic E-state index is -4.18. The molecule has 0 radical (unpaired) electrons. The number of rotatable bonds is 9. The van der Waals surface area contributed by atoms with E-state index in [9.17, 15) is 18.3 Å². The van der Waals surface area contributed by atoms with Gasteiger partial charge in [0.25, 0.3) is 0 Å². The topological polar surface area (TPSA) is 126 Å². The van der Waals surface area contributed by atoms with Gasteiger partial charge in [0, 0.05) is 0 Å². The van der Waals surface area contributed by atoms with Crippen LogP contribution >= 0.6 is 11.6 Å². The summed E-state index contributed by atoms with van der Waals surface area (Å²) in [6.45, 7) is 0.939. The lowest BCUT2D eigenvalue weighted by Crippen LogP contribution is -2.18. The van der Waals surface area contributed by atoms with E-state index in [4.69, 9.17) is 21.2 Å². The molecule has 0 aliphatic heterocycles. The number of hydrogen-bond donors (Lipinski definition) is 3.